The molecule has 1 aliphatic rings. The Morgan fingerprint density at radius 3 is 2.12 bits per heavy atom. The van der Waals surface area contributed by atoms with Gasteiger partial charge >= 0.3 is 6.03 Å². The molecule has 0 spiro atoms. The van der Waals surface area contributed by atoms with Gasteiger partial charge in [-0.25, -0.2) is 14.1 Å². The molecular weight excluding hydrogens is 615 g/mol. The van der Waals surface area contributed by atoms with Crippen molar-refractivity contribution < 1.29 is 28.2 Å². The highest BCUT2D eigenvalue weighted by Crippen LogP contribution is 2.29. The zero-order valence-corrected chi connectivity index (χ0v) is 23.6. The number of halogens is 3. The number of urea groups is 1. The summed E-state index contributed by atoms with van der Waals surface area (Å²) in [6, 6.07) is 23.9. The highest BCUT2D eigenvalue weighted by atomic mass is 79.9. The van der Waals surface area contributed by atoms with Gasteiger partial charge in [-0.15, -0.1) is 0 Å². The van der Waals surface area contributed by atoms with Crippen molar-refractivity contribution in [2.45, 2.75) is 13.2 Å². The van der Waals surface area contributed by atoms with Crippen LogP contribution in [-0.4, -0.2) is 17.8 Å². The molecule has 0 aliphatic carbocycles. The number of barbiturate groups is 1. The third kappa shape index (κ3) is 6.82. The standard InChI is InChI=1S/C31H21BrClFN2O5/c32-22-6-1-19(2-7-22)17-40-25-12-10-24(11-13-25)36-30(38)26(29(37)35-31(36)39)15-21-5-14-28(27(33)16-21)41-18-20-3-8-23(34)9-4-20/h1-16H,17-18H2,(H,35,37,39)/b26-15+. The van der Waals surface area contributed by atoms with E-state index in [0.717, 1.165) is 20.5 Å². The molecule has 206 valence electrons. The first-order chi connectivity index (χ1) is 19.8. The minimum absolute atomic E-state index is 0.173. The lowest BCUT2D eigenvalue weighted by atomic mass is 10.1. The Balaban J connectivity index is 1.28. The molecule has 1 saturated heterocycles. The lowest BCUT2D eigenvalue weighted by Gasteiger charge is -2.26. The SMILES string of the molecule is O=C1NC(=O)N(c2ccc(OCc3ccc(Br)cc3)cc2)C(=O)/C1=C/c1ccc(OCc2ccc(F)cc2)c(Cl)c1. The van der Waals surface area contributed by atoms with E-state index in [1.54, 1.807) is 48.5 Å². The molecule has 5 rings (SSSR count). The number of nitrogens with zero attached hydrogens (tertiary/aromatic N) is 1. The van der Waals surface area contributed by atoms with Gasteiger partial charge < -0.3 is 9.47 Å². The fraction of sp³-hybridized carbons (Fsp3) is 0.0645. The number of hydrogen-bond donors (Lipinski definition) is 1. The summed E-state index contributed by atoms with van der Waals surface area (Å²) in [6.07, 6.45) is 1.35. The van der Waals surface area contributed by atoms with Crippen LogP contribution in [0.15, 0.2) is 101 Å². The zero-order valence-electron chi connectivity index (χ0n) is 21.3. The molecule has 4 aromatic carbocycles. The van der Waals surface area contributed by atoms with Gasteiger partial charge in [0.1, 0.15) is 36.1 Å². The normalized spacial score (nSPS) is 14.3. The largest absolute Gasteiger partial charge is 0.489 e. The summed E-state index contributed by atoms with van der Waals surface area (Å²) in [5.74, 6) is -1.03. The third-order valence-electron chi connectivity index (χ3n) is 6.09. The van der Waals surface area contributed by atoms with Crippen LogP contribution >= 0.6 is 27.5 Å². The van der Waals surface area contributed by atoms with Crippen molar-refractivity contribution in [1.82, 2.24) is 5.32 Å². The van der Waals surface area contributed by atoms with Crippen LogP contribution in [0.1, 0.15) is 16.7 Å². The van der Waals surface area contributed by atoms with Gasteiger partial charge in [-0.3, -0.25) is 14.9 Å². The molecule has 1 fully saturated rings. The molecule has 41 heavy (non-hydrogen) atoms. The van der Waals surface area contributed by atoms with Gasteiger partial charge in [-0.2, -0.15) is 0 Å². The van der Waals surface area contributed by atoms with E-state index in [1.165, 1.54) is 24.3 Å². The second-order valence-electron chi connectivity index (χ2n) is 8.97. The molecule has 0 saturated carbocycles. The molecule has 4 amide bonds. The Kier molecular flexibility index (Phi) is 8.47. The van der Waals surface area contributed by atoms with E-state index in [2.05, 4.69) is 21.2 Å². The molecule has 0 radical (unpaired) electrons. The molecule has 1 aliphatic heterocycles. The Morgan fingerprint density at radius 1 is 0.829 bits per heavy atom. The number of rotatable bonds is 8. The Hall–Kier alpha value is -4.47. The van der Waals surface area contributed by atoms with Crippen LogP contribution in [0.25, 0.3) is 6.08 Å². The van der Waals surface area contributed by atoms with E-state index in [-0.39, 0.29) is 28.7 Å². The average molecular weight is 636 g/mol. The number of carbonyl (C=O) groups is 3. The van der Waals surface area contributed by atoms with E-state index in [0.29, 0.717) is 23.7 Å². The first-order valence-electron chi connectivity index (χ1n) is 12.3. The summed E-state index contributed by atoms with van der Waals surface area (Å²) < 4.78 is 25.6. The smallest absolute Gasteiger partial charge is 0.335 e. The van der Waals surface area contributed by atoms with Crippen LogP contribution in [0, 0.1) is 5.82 Å². The first kappa shape index (κ1) is 28.1. The van der Waals surface area contributed by atoms with Gasteiger partial charge in [0.15, 0.2) is 0 Å². The Labute approximate surface area is 248 Å². The average Bonchev–Trinajstić information content (AvgIpc) is 2.96. The second-order valence-corrected chi connectivity index (χ2v) is 10.3. The van der Waals surface area contributed by atoms with Crippen molar-refractivity contribution in [2.75, 3.05) is 4.90 Å². The van der Waals surface area contributed by atoms with Crippen molar-refractivity contribution in [1.29, 1.82) is 0 Å². The van der Waals surface area contributed by atoms with Crippen molar-refractivity contribution in [3.05, 3.63) is 129 Å². The van der Waals surface area contributed by atoms with Crippen molar-refractivity contribution in [3.8, 4) is 11.5 Å². The van der Waals surface area contributed by atoms with Crippen LogP contribution < -0.4 is 19.7 Å². The van der Waals surface area contributed by atoms with Crippen LogP contribution in [0.5, 0.6) is 11.5 Å². The number of nitrogens with one attached hydrogen (secondary N) is 1. The highest BCUT2D eigenvalue weighted by molar-refractivity contribution is 9.10. The number of anilines is 1. The van der Waals surface area contributed by atoms with Gasteiger partial charge in [0.2, 0.25) is 0 Å². The van der Waals surface area contributed by atoms with E-state index in [9.17, 15) is 18.8 Å². The first-order valence-corrected chi connectivity index (χ1v) is 13.5. The Bertz CT molecular complexity index is 1640. The number of benzene rings is 4. The maximum atomic E-state index is 13.3. The molecule has 0 aromatic heterocycles. The van der Waals surface area contributed by atoms with Crippen LogP contribution in [0.2, 0.25) is 5.02 Å². The molecule has 0 unspecified atom stereocenters. The van der Waals surface area contributed by atoms with Crippen molar-refractivity contribution >= 4 is 57.1 Å². The third-order valence-corrected chi connectivity index (χ3v) is 6.91. The lowest BCUT2D eigenvalue weighted by Crippen LogP contribution is -2.54. The lowest BCUT2D eigenvalue weighted by molar-refractivity contribution is -0.122. The minimum atomic E-state index is -0.858. The van der Waals surface area contributed by atoms with E-state index in [1.807, 2.05) is 24.3 Å². The fourth-order valence-corrected chi connectivity index (χ4v) is 4.47. The van der Waals surface area contributed by atoms with E-state index < -0.39 is 17.8 Å². The minimum Gasteiger partial charge on any atom is -0.489 e. The van der Waals surface area contributed by atoms with Crippen LogP contribution in [0.3, 0.4) is 0 Å². The zero-order chi connectivity index (χ0) is 28.9. The number of amides is 4. The predicted octanol–water partition coefficient (Wildman–Crippen LogP) is 7.07. The van der Waals surface area contributed by atoms with Gasteiger partial charge in [-0.1, -0.05) is 57.9 Å². The molecule has 0 bridgehead atoms. The van der Waals surface area contributed by atoms with Gasteiger partial charge in [0.25, 0.3) is 11.8 Å². The van der Waals surface area contributed by atoms with Crippen LogP contribution in [0.4, 0.5) is 14.9 Å². The van der Waals surface area contributed by atoms with Gasteiger partial charge in [0, 0.05) is 4.47 Å². The summed E-state index contributed by atoms with van der Waals surface area (Å²) in [5.41, 5.74) is 2.21. The monoisotopic (exact) mass is 634 g/mol. The molecule has 4 aromatic rings. The molecule has 0 atom stereocenters. The fourth-order valence-electron chi connectivity index (χ4n) is 3.96. The maximum absolute atomic E-state index is 13.3. The van der Waals surface area contributed by atoms with Gasteiger partial charge in [-0.05, 0) is 83.4 Å². The topological polar surface area (TPSA) is 84.9 Å². The summed E-state index contributed by atoms with van der Waals surface area (Å²) in [5, 5.41) is 2.45. The summed E-state index contributed by atoms with van der Waals surface area (Å²) in [7, 11) is 0. The van der Waals surface area contributed by atoms with Crippen molar-refractivity contribution in [2.24, 2.45) is 0 Å². The highest BCUT2D eigenvalue weighted by Gasteiger charge is 2.36. The summed E-state index contributed by atoms with van der Waals surface area (Å²) in [4.78, 5) is 39.3. The molecule has 10 heteroatoms. The van der Waals surface area contributed by atoms with Crippen molar-refractivity contribution in [3.63, 3.8) is 0 Å². The summed E-state index contributed by atoms with van der Waals surface area (Å²) in [6.45, 7) is 0.516. The quantitative estimate of drug-likeness (QED) is 0.165. The Morgan fingerprint density at radius 2 is 1.46 bits per heavy atom. The van der Waals surface area contributed by atoms with Crippen LogP contribution in [-0.2, 0) is 22.8 Å². The number of ether oxygens (including phenoxy) is 2. The van der Waals surface area contributed by atoms with E-state index in [4.69, 9.17) is 21.1 Å². The second kappa shape index (κ2) is 12.4. The van der Waals surface area contributed by atoms with Gasteiger partial charge in [0.05, 0.1) is 10.7 Å². The number of hydrogen-bond acceptors (Lipinski definition) is 5. The predicted molar refractivity (Wildman–Crippen MR) is 156 cm³/mol. The molecular formula is C31H21BrClFN2O5. The number of carbonyl (C=O) groups excluding carboxylic acids is 3. The molecule has 1 heterocycles. The summed E-state index contributed by atoms with van der Waals surface area (Å²) >= 11 is 9.76. The molecule has 1 N–H and O–H groups in total. The maximum Gasteiger partial charge on any atom is 0.335 e. The molecule has 7 nitrogen and oxygen atoms in total. The van der Waals surface area contributed by atoms with E-state index >= 15 is 0 Å². The number of imide groups is 2.